The minimum absolute atomic E-state index is 0.0255. The molecular formula is C20H24N2OS. The van der Waals surface area contributed by atoms with Gasteiger partial charge in [-0.25, -0.2) is 4.98 Å². The first-order valence-electron chi connectivity index (χ1n) is 9.12. The number of amides is 1. The molecule has 3 nitrogen and oxygen atoms in total. The molecule has 1 aromatic heterocycles. The van der Waals surface area contributed by atoms with Crippen molar-refractivity contribution < 1.29 is 4.79 Å². The Bertz CT molecular complexity index is 712. The second-order valence-corrected chi connectivity index (χ2v) is 8.08. The van der Waals surface area contributed by atoms with Gasteiger partial charge in [-0.2, -0.15) is 0 Å². The number of rotatable bonds is 3. The maximum absolute atomic E-state index is 12.9. The third kappa shape index (κ3) is 3.25. The maximum Gasteiger partial charge on any atom is 0.224 e. The van der Waals surface area contributed by atoms with Crippen LogP contribution in [0.15, 0.2) is 36.4 Å². The summed E-state index contributed by atoms with van der Waals surface area (Å²) in [6.45, 7) is 0. The number of allylic oxidation sites excluding steroid dienone is 2. The minimum Gasteiger partial charge on any atom is -0.353 e. The van der Waals surface area contributed by atoms with Crippen molar-refractivity contribution in [1.82, 2.24) is 10.3 Å². The summed E-state index contributed by atoms with van der Waals surface area (Å²) in [5, 5.41) is 4.44. The van der Waals surface area contributed by atoms with Crippen molar-refractivity contribution in [2.75, 3.05) is 0 Å². The van der Waals surface area contributed by atoms with Crippen LogP contribution in [0.1, 0.15) is 55.9 Å². The van der Waals surface area contributed by atoms with Gasteiger partial charge >= 0.3 is 0 Å². The summed E-state index contributed by atoms with van der Waals surface area (Å²) in [5.41, 5.74) is 1.05. The number of para-hydroxylation sites is 1. The van der Waals surface area contributed by atoms with E-state index in [4.69, 9.17) is 4.98 Å². The van der Waals surface area contributed by atoms with Gasteiger partial charge < -0.3 is 5.32 Å². The van der Waals surface area contributed by atoms with Crippen LogP contribution in [0.25, 0.3) is 10.2 Å². The van der Waals surface area contributed by atoms with E-state index in [9.17, 15) is 4.79 Å². The first kappa shape index (κ1) is 15.8. The normalized spacial score (nSPS) is 25.0. The quantitative estimate of drug-likeness (QED) is 0.816. The zero-order valence-electron chi connectivity index (χ0n) is 13.9. The van der Waals surface area contributed by atoms with Gasteiger partial charge in [-0.15, -0.1) is 11.3 Å². The van der Waals surface area contributed by atoms with Gasteiger partial charge in [-0.1, -0.05) is 43.5 Å². The molecule has 4 heteroatoms. The second-order valence-electron chi connectivity index (χ2n) is 7.02. The molecule has 126 valence electrons. The highest BCUT2D eigenvalue weighted by Crippen LogP contribution is 2.38. The number of hydrogen-bond donors (Lipinski definition) is 1. The Balaban J connectivity index is 1.54. The van der Waals surface area contributed by atoms with Crippen molar-refractivity contribution in [1.29, 1.82) is 0 Å². The number of carbonyl (C=O) groups excluding carboxylic acids is 1. The fourth-order valence-corrected chi connectivity index (χ4v) is 5.13. The van der Waals surface area contributed by atoms with Gasteiger partial charge in [0.25, 0.3) is 0 Å². The second kappa shape index (κ2) is 7.06. The Morgan fingerprint density at radius 3 is 2.71 bits per heavy atom. The van der Waals surface area contributed by atoms with Crippen molar-refractivity contribution >= 4 is 27.5 Å². The highest BCUT2D eigenvalue weighted by atomic mass is 32.1. The molecule has 0 spiro atoms. The van der Waals surface area contributed by atoms with E-state index in [-0.39, 0.29) is 17.7 Å². The first-order valence-corrected chi connectivity index (χ1v) is 9.94. The lowest BCUT2D eigenvalue weighted by Gasteiger charge is -2.29. The van der Waals surface area contributed by atoms with Crippen molar-refractivity contribution in [2.24, 2.45) is 5.92 Å². The smallest absolute Gasteiger partial charge is 0.224 e. The summed E-state index contributed by atoms with van der Waals surface area (Å²) in [6, 6.07) is 8.64. The molecule has 2 aromatic rings. The molecular weight excluding hydrogens is 316 g/mol. The molecule has 1 fully saturated rings. The Kier molecular flexibility index (Phi) is 4.65. The van der Waals surface area contributed by atoms with Crippen LogP contribution in [0, 0.1) is 5.92 Å². The van der Waals surface area contributed by atoms with Gasteiger partial charge in [0, 0.05) is 12.0 Å². The summed E-state index contributed by atoms with van der Waals surface area (Å²) in [7, 11) is 0. The Morgan fingerprint density at radius 1 is 1.08 bits per heavy atom. The lowest BCUT2D eigenvalue weighted by molar-refractivity contribution is -0.126. The predicted molar refractivity (Wildman–Crippen MR) is 99.2 cm³/mol. The van der Waals surface area contributed by atoms with Gasteiger partial charge in [-0.05, 0) is 37.8 Å². The third-order valence-corrected chi connectivity index (χ3v) is 6.52. The van der Waals surface area contributed by atoms with Crippen LogP contribution in [0.4, 0.5) is 0 Å². The van der Waals surface area contributed by atoms with E-state index in [1.54, 1.807) is 11.3 Å². The molecule has 1 saturated carbocycles. The van der Waals surface area contributed by atoms with Crippen molar-refractivity contribution in [3.05, 3.63) is 41.4 Å². The van der Waals surface area contributed by atoms with Crippen LogP contribution < -0.4 is 5.32 Å². The van der Waals surface area contributed by atoms with Crippen LogP contribution >= 0.6 is 11.3 Å². The van der Waals surface area contributed by atoms with E-state index in [2.05, 4.69) is 35.7 Å². The summed E-state index contributed by atoms with van der Waals surface area (Å²) >= 11 is 1.75. The number of aromatic nitrogens is 1. The molecule has 0 saturated heterocycles. The van der Waals surface area contributed by atoms with E-state index in [0.717, 1.165) is 36.2 Å². The molecule has 1 aromatic carbocycles. The monoisotopic (exact) mass is 340 g/mol. The number of nitrogens with one attached hydrogen (secondary N) is 1. The first-order chi connectivity index (χ1) is 11.8. The SMILES string of the molecule is O=C(NC1CCCCC1)[C@H]1CC=CC[C@@H]1c1nc2ccccc2s1. The standard InChI is InChI=1S/C20H24N2OS/c23-19(21-14-8-2-1-3-9-14)15-10-4-5-11-16(15)20-22-17-12-6-7-13-18(17)24-20/h4-7,12-16H,1-3,8-11H2,(H,21,23)/t15-,16-/m0/s1. The number of benzene rings is 1. The average molecular weight is 340 g/mol. The zero-order valence-corrected chi connectivity index (χ0v) is 14.7. The number of carbonyl (C=O) groups is 1. The van der Waals surface area contributed by atoms with Gasteiger partial charge in [-0.3, -0.25) is 4.79 Å². The average Bonchev–Trinajstić information content (AvgIpc) is 3.06. The maximum atomic E-state index is 12.9. The van der Waals surface area contributed by atoms with Gasteiger partial charge in [0.1, 0.15) is 0 Å². The van der Waals surface area contributed by atoms with Gasteiger partial charge in [0.2, 0.25) is 5.91 Å². The van der Waals surface area contributed by atoms with Crippen molar-refractivity contribution in [2.45, 2.75) is 56.9 Å². The molecule has 24 heavy (non-hydrogen) atoms. The van der Waals surface area contributed by atoms with Crippen LogP contribution in [-0.4, -0.2) is 16.9 Å². The zero-order chi connectivity index (χ0) is 16.4. The minimum atomic E-state index is 0.0255. The summed E-state index contributed by atoms with van der Waals surface area (Å²) < 4.78 is 1.22. The Hall–Kier alpha value is -1.68. The number of fused-ring (bicyclic) bond motifs is 1. The van der Waals surface area contributed by atoms with E-state index in [1.165, 1.54) is 24.0 Å². The van der Waals surface area contributed by atoms with Crippen LogP contribution in [0.2, 0.25) is 0 Å². The van der Waals surface area contributed by atoms with E-state index in [1.807, 2.05) is 6.07 Å². The summed E-state index contributed by atoms with van der Waals surface area (Å²) in [5.74, 6) is 0.476. The highest BCUT2D eigenvalue weighted by Gasteiger charge is 2.33. The largest absolute Gasteiger partial charge is 0.353 e. The molecule has 1 N–H and O–H groups in total. The molecule has 2 aliphatic rings. The third-order valence-electron chi connectivity index (χ3n) is 5.35. The molecule has 2 aliphatic carbocycles. The lowest BCUT2D eigenvalue weighted by atomic mass is 9.82. The molecule has 1 amide bonds. The van der Waals surface area contributed by atoms with Crippen LogP contribution in [-0.2, 0) is 4.79 Å². The molecule has 2 atom stereocenters. The number of hydrogen-bond acceptors (Lipinski definition) is 3. The Morgan fingerprint density at radius 2 is 1.88 bits per heavy atom. The van der Waals surface area contributed by atoms with E-state index >= 15 is 0 Å². The summed E-state index contributed by atoms with van der Waals surface area (Å²) in [4.78, 5) is 17.7. The lowest BCUT2D eigenvalue weighted by Crippen LogP contribution is -2.42. The molecule has 0 bridgehead atoms. The molecule has 0 radical (unpaired) electrons. The molecule has 4 rings (SSSR count). The molecule has 1 heterocycles. The van der Waals surface area contributed by atoms with Crippen molar-refractivity contribution in [3.63, 3.8) is 0 Å². The van der Waals surface area contributed by atoms with Gasteiger partial charge in [0.05, 0.1) is 21.1 Å². The predicted octanol–water partition coefficient (Wildman–Crippen LogP) is 4.80. The molecule has 0 unspecified atom stereocenters. The van der Waals surface area contributed by atoms with Crippen LogP contribution in [0.3, 0.4) is 0 Å². The fraction of sp³-hybridized carbons (Fsp3) is 0.500. The van der Waals surface area contributed by atoms with Crippen molar-refractivity contribution in [3.8, 4) is 0 Å². The fourth-order valence-electron chi connectivity index (χ4n) is 3.98. The van der Waals surface area contributed by atoms with Crippen LogP contribution in [0.5, 0.6) is 0 Å². The Labute approximate surface area is 147 Å². The number of thiazole rings is 1. The highest BCUT2D eigenvalue weighted by molar-refractivity contribution is 7.18. The molecule has 0 aliphatic heterocycles. The van der Waals surface area contributed by atoms with Gasteiger partial charge in [0.15, 0.2) is 0 Å². The topological polar surface area (TPSA) is 42.0 Å². The van der Waals surface area contributed by atoms with E-state index in [0.29, 0.717) is 6.04 Å². The number of nitrogens with zero attached hydrogens (tertiary/aromatic N) is 1. The van der Waals surface area contributed by atoms with E-state index < -0.39 is 0 Å². The summed E-state index contributed by atoms with van der Waals surface area (Å²) in [6.07, 6.45) is 12.2.